The van der Waals surface area contributed by atoms with Crippen LogP contribution < -0.4 is 4.74 Å². The normalized spacial score (nSPS) is 17.5. The van der Waals surface area contributed by atoms with Crippen LogP contribution in [0.3, 0.4) is 0 Å². The lowest BCUT2D eigenvalue weighted by Gasteiger charge is -2.27. The maximum Gasteiger partial charge on any atom is 0.178 e. The summed E-state index contributed by atoms with van der Waals surface area (Å²) in [5, 5.41) is 0.712. The van der Waals surface area contributed by atoms with Gasteiger partial charge in [-0.25, -0.2) is 0 Å². The van der Waals surface area contributed by atoms with E-state index < -0.39 is 0 Å². The second kappa shape index (κ2) is 4.90. The Morgan fingerprint density at radius 2 is 2.05 bits per heavy atom. The molecule has 3 aromatic rings. The summed E-state index contributed by atoms with van der Waals surface area (Å²) >= 11 is 11.9. The Morgan fingerprint density at radius 3 is 2.95 bits per heavy atom. The zero-order chi connectivity index (χ0) is 14.4. The van der Waals surface area contributed by atoms with Gasteiger partial charge in [0.25, 0.3) is 0 Å². The summed E-state index contributed by atoms with van der Waals surface area (Å²) in [5.41, 5.74) is 3.09. The molecule has 1 aromatic heterocycles. The summed E-state index contributed by atoms with van der Waals surface area (Å²) in [6.45, 7) is 0.681. The third-order valence-electron chi connectivity index (χ3n) is 3.93. The van der Waals surface area contributed by atoms with E-state index >= 15 is 0 Å². The lowest BCUT2D eigenvalue weighted by Crippen LogP contribution is -2.20. The number of para-hydroxylation sites is 2. The van der Waals surface area contributed by atoms with Crippen LogP contribution in [0.2, 0.25) is 5.02 Å². The van der Waals surface area contributed by atoms with Crippen molar-refractivity contribution < 1.29 is 4.74 Å². The fourth-order valence-corrected chi connectivity index (χ4v) is 3.62. The van der Waals surface area contributed by atoms with Crippen LogP contribution in [0.1, 0.15) is 18.0 Å². The van der Waals surface area contributed by atoms with Crippen molar-refractivity contribution in [3.63, 3.8) is 0 Å². The fraction of sp³-hybridized carbons (Fsp3) is 0.188. The number of H-pyrrole nitrogens is 1. The Labute approximate surface area is 132 Å². The topological polar surface area (TPSA) is 29.9 Å². The van der Waals surface area contributed by atoms with Crippen LogP contribution >= 0.6 is 23.8 Å². The first-order chi connectivity index (χ1) is 10.3. The second-order valence-corrected chi connectivity index (χ2v) is 5.92. The van der Waals surface area contributed by atoms with Crippen molar-refractivity contribution in [2.75, 3.05) is 6.61 Å². The number of nitrogens with zero attached hydrogens (tertiary/aromatic N) is 1. The van der Waals surface area contributed by atoms with Crippen molar-refractivity contribution in [1.29, 1.82) is 0 Å². The highest BCUT2D eigenvalue weighted by Crippen LogP contribution is 2.37. The van der Waals surface area contributed by atoms with E-state index in [4.69, 9.17) is 28.6 Å². The number of benzene rings is 2. The molecule has 1 aliphatic rings. The number of imidazole rings is 1. The van der Waals surface area contributed by atoms with Gasteiger partial charge in [-0.2, -0.15) is 0 Å². The highest BCUT2D eigenvalue weighted by molar-refractivity contribution is 7.71. The van der Waals surface area contributed by atoms with Crippen LogP contribution in [0, 0.1) is 4.77 Å². The van der Waals surface area contributed by atoms with Gasteiger partial charge in [-0.3, -0.25) is 0 Å². The molecule has 0 saturated heterocycles. The van der Waals surface area contributed by atoms with Gasteiger partial charge in [-0.15, -0.1) is 0 Å². The molecule has 1 N–H and O–H groups in total. The summed E-state index contributed by atoms with van der Waals surface area (Å²) in [5.74, 6) is 0.928. The number of aromatic nitrogens is 2. The van der Waals surface area contributed by atoms with E-state index in [9.17, 15) is 0 Å². The van der Waals surface area contributed by atoms with Crippen LogP contribution in [0.15, 0.2) is 42.5 Å². The van der Waals surface area contributed by atoms with Crippen molar-refractivity contribution in [2.24, 2.45) is 0 Å². The number of halogens is 1. The zero-order valence-corrected chi connectivity index (χ0v) is 12.7. The molecule has 4 rings (SSSR count). The van der Waals surface area contributed by atoms with Gasteiger partial charge in [0.1, 0.15) is 5.75 Å². The predicted octanol–water partition coefficient (Wildman–Crippen LogP) is 4.72. The van der Waals surface area contributed by atoms with E-state index in [1.807, 2.05) is 36.4 Å². The van der Waals surface area contributed by atoms with Crippen molar-refractivity contribution in [2.45, 2.75) is 12.5 Å². The van der Waals surface area contributed by atoms with Crippen LogP contribution in [-0.2, 0) is 0 Å². The van der Waals surface area contributed by atoms with Crippen LogP contribution in [0.5, 0.6) is 5.75 Å². The van der Waals surface area contributed by atoms with Gasteiger partial charge in [-0.05, 0) is 30.4 Å². The first-order valence-corrected chi connectivity index (χ1v) is 7.65. The Morgan fingerprint density at radius 1 is 1.19 bits per heavy atom. The van der Waals surface area contributed by atoms with Crippen molar-refractivity contribution in [3.8, 4) is 5.75 Å². The molecular weight excluding hydrogens is 304 g/mol. The van der Waals surface area contributed by atoms with Crippen LogP contribution in [0.4, 0.5) is 0 Å². The molecule has 1 unspecified atom stereocenters. The van der Waals surface area contributed by atoms with Gasteiger partial charge >= 0.3 is 0 Å². The van der Waals surface area contributed by atoms with Gasteiger partial charge in [0.05, 0.1) is 28.7 Å². The molecule has 0 radical (unpaired) electrons. The number of ether oxygens (including phenoxy) is 1. The van der Waals surface area contributed by atoms with Gasteiger partial charge in [0, 0.05) is 12.0 Å². The Bertz CT molecular complexity index is 883. The van der Waals surface area contributed by atoms with E-state index in [0.717, 1.165) is 28.8 Å². The number of hydrogen-bond donors (Lipinski definition) is 1. The maximum atomic E-state index is 6.40. The third-order valence-corrected chi connectivity index (χ3v) is 4.53. The van der Waals surface area contributed by atoms with E-state index in [0.29, 0.717) is 16.4 Å². The molecule has 5 heteroatoms. The fourth-order valence-electron chi connectivity index (χ4n) is 3.03. The molecule has 2 heterocycles. The van der Waals surface area contributed by atoms with Crippen LogP contribution in [0.25, 0.3) is 11.0 Å². The van der Waals surface area contributed by atoms with Crippen LogP contribution in [-0.4, -0.2) is 16.2 Å². The van der Waals surface area contributed by atoms with Crippen molar-refractivity contribution in [1.82, 2.24) is 9.55 Å². The summed E-state index contributed by atoms with van der Waals surface area (Å²) in [7, 11) is 0. The monoisotopic (exact) mass is 316 g/mol. The van der Waals surface area contributed by atoms with Gasteiger partial charge in [0.2, 0.25) is 0 Å². The molecule has 0 amide bonds. The molecule has 3 nitrogen and oxygen atoms in total. The predicted molar refractivity (Wildman–Crippen MR) is 86.8 cm³/mol. The molecule has 0 saturated carbocycles. The highest BCUT2D eigenvalue weighted by atomic mass is 35.5. The number of fused-ring (bicyclic) bond motifs is 2. The average Bonchev–Trinajstić information content (AvgIpc) is 2.84. The second-order valence-electron chi connectivity index (χ2n) is 5.13. The summed E-state index contributed by atoms with van der Waals surface area (Å²) in [6.07, 6.45) is 0.878. The lowest BCUT2D eigenvalue weighted by molar-refractivity contribution is 0.257. The minimum Gasteiger partial charge on any atom is -0.493 e. The molecule has 106 valence electrons. The molecule has 0 aliphatic carbocycles. The number of aromatic amines is 1. The molecule has 2 aromatic carbocycles. The Kier molecular flexibility index (Phi) is 3.01. The number of nitrogens with one attached hydrogen (secondary N) is 1. The van der Waals surface area contributed by atoms with Crippen molar-refractivity contribution >= 4 is 34.9 Å². The molecule has 0 spiro atoms. The SMILES string of the molecule is S=c1[nH]c2cccc(Cl)c2n1C1CCOc2ccccc21. The number of hydrogen-bond acceptors (Lipinski definition) is 2. The first kappa shape index (κ1) is 12.9. The third kappa shape index (κ3) is 1.98. The lowest BCUT2D eigenvalue weighted by atomic mass is 10.0. The van der Waals surface area contributed by atoms with E-state index in [2.05, 4.69) is 15.6 Å². The quantitative estimate of drug-likeness (QED) is 0.658. The molecule has 1 aliphatic heterocycles. The summed E-state index contributed by atoms with van der Waals surface area (Å²) in [6, 6.07) is 14.1. The molecule has 21 heavy (non-hydrogen) atoms. The Balaban J connectivity index is 2.00. The highest BCUT2D eigenvalue weighted by Gasteiger charge is 2.25. The molecule has 1 atom stereocenters. The van der Waals surface area contributed by atoms with E-state index in [1.54, 1.807) is 0 Å². The molecular formula is C16H13ClN2OS. The van der Waals surface area contributed by atoms with E-state index in [-0.39, 0.29) is 6.04 Å². The first-order valence-electron chi connectivity index (χ1n) is 6.86. The van der Waals surface area contributed by atoms with Gasteiger partial charge in [0.15, 0.2) is 4.77 Å². The zero-order valence-electron chi connectivity index (χ0n) is 11.2. The molecule has 0 fully saturated rings. The maximum absolute atomic E-state index is 6.40. The number of rotatable bonds is 1. The summed E-state index contributed by atoms with van der Waals surface area (Å²) in [4.78, 5) is 3.25. The van der Waals surface area contributed by atoms with Crippen molar-refractivity contribution in [3.05, 3.63) is 57.8 Å². The minimum absolute atomic E-state index is 0.149. The Hall–Kier alpha value is -1.78. The molecule has 0 bridgehead atoms. The van der Waals surface area contributed by atoms with E-state index in [1.165, 1.54) is 0 Å². The van der Waals surface area contributed by atoms with Gasteiger partial charge in [-0.1, -0.05) is 35.9 Å². The minimum atomic E-state index is 0.149. The smallest absolute Gasteiger partial charge is 0.178 e. The van der Waals surface area contributed by atoms with Gasteiger partial charge < -0.3 is 14.3 Å². The largest absolute Gasteiger partial charge is 0.493 e. The average molecular weight is 317 g/mol. The summed E-state index contributed by atoms with van der Waals surface area (Å²) < 4.78 is 8.56. The standard InChI is InChI=1S/C16H13ClN2OS/c17-11-5-3-6-12-15(11)19(16(21)18-12)13-8-9-20-14-7-2-1-4-10(13)14/h1-7,13H,8-9H2,(H,18,21).